The molecule has 1 atom stereocenters. The molecule has 3 heteroatoms. The molecule has 2 aliphatic rings. The minimum atomic E-state index is -0.560. The maximum absolute atomic E-state index is 10.5. The van der Waals surface area contributed by atoms with Gasteiger partial charge in [-0.1, -0.05) is 24.3 Å². The van der Waals surface area contributed by atoms with Gasteiger partial charge in [-0.15, -0.1) is 0 Å². The fraction of sp³-hybridized carbons (Fsp3) is 0.625. The lowest BCUT2D eigenvalue weighted by Crippen LogP contribution is -2.48. The maximum Gasteiger partial charge on any atom is 0.0815 e. The number of fused-ring (bicyclic) bond motifs is 1. The number of hydrogen-bond donors (Lipinski definition) is 2. The Morgan fingerprint density at radius 2 is 1.95 bits per heavy atom. The first kappa shape index (κ1) is 13.1. The van der Waals surface area contributed by atoms with E-state index in [1.807, 2.05) is 0 Å². The summed E-state index contributed by atoms with van der Waals surface area (Å²) in [6, 6.07) is 9.20. The van der Waals surface area contributed by atoms with Crippen LogP contribution in [0.4, 0.5) is 0 Å². The number of ether oxygens (including phenoxy) is 1. The van der Waals surface area contributed by atoms with E-state index in [0.717, 1.165) is 25.7 Å². The SMILES string of the molecule is OC1(CNC2CCc3ccccc3C2)CCOCC1. The number of benzene rings is 1. The molecule has 1 fully saturated rings. The molecule has 0 radical (unpaired) electrons. The number of nitrogens with one attached hydrogen (secondary N) is 1. The van der Waals surface area contributed by atoms with Gasteiger partial charge in [0, 0.05) is 38.6 Å². The van der Waals surface area contributed by atoms with E-state index in [9.17, 15) is 5.11 Å². The Balaban J connectivity index is 1.54. The highest BCUT2D eigenvalue weighted by atomic mass is 16.5. The lowest BCUT2D eigenvalue weighted by Gasteiger charge is -2.35. The molecule has 0 amide bonds. The van der Waals surface area contributed by atoms with Gasteiger partial charge in [0.2, 0.25) is 0 Å². The van der Waals surface area contributed by atoms with E-state index in [-0.39, 0.29) is 0 Å². The lowest BCUT2D eigenvalue weighted by molar-refractivity contribution is -0.0629. The van der Waals surface area contributed by atoms with Crippen molar-refractivity contribution in [3.63, 3.8) is 0 Å². The highest BCUT2D eigenvalue weighted by Crippen LogP contribution is 2.23. The van der Waals surface area contributed by atoms with Crippen LogP contribution in [-0.4, -0.2) is 36.5 Å². The van der Waals surface area contributed by atoms with Gasteiger partial charge >= 0.3 is 0 Å². The molecule has 19 heavy (non-hydrogen) atoms. The second kappa shape index (κ2) is 5.61. The van der Waals surface area contributed by atoms with E-state index in [1.54, 1.807) is 0 Å². The summed E-state index contributed by atoms with van der Waals surface area (Å²) in [7, 11) is 0. The van der Waals surface area contributed by atoms with Crippen LogP contribution >= 0.6 is 0 Å². The summed E-state index contributed by atoms with van der Waals surface area (Å²) in [5, 5.41) is 14.0. The van der Waals surface area contributed by atoms with Crippen LogP contribution in [0.2, 0.25) is 0 Å². The second-order valence-electron chi connectivity index (χ2n) is 5.93. The van der Waals surface area contributed by atoms with Crippen molar-refractivity contribution in [2.75, 3.05) is 19.8 Å². The van der Waals surface area contributed by atoms with Crippen LogP contribution in [0, 0.1) is 0 Å². The first-order valence-corrected chi connectivity index (χ1v) is 7.35. The second-order valence-corrected chi connectivity index (χ2v) is 5.93. The van der Waals surface area contributed by atoms with Crippen molar-refractivity contribution in [2.45, 2.75) is 43.7 Å². The van der Waals surface area contributed by atoms with Crippen molar-refractivity contribution in [3.05, 3.63) is 35.4 Å². The lowest BCUT2D eigenvalue weighted by atomic mass is 9.87. The summed E-state index contributed by atoms with van der Waals surface area (Å²) in [6.07, 6.45) is 4.91. The van der Waals surface area contributed by atoms with Gasteiger partial charge in [-0.2, -0.15) is 0 Å². The van der Waals surface area contributed by atoms with E-state index in [1.165, 1.54) is 17.5 Å². The fourth-order valence-electron chi connectivity index (χ4n) is 3.13. The van der Waals surface area contributed by atoms with Crippen LogP contribution in [0.3, 0.4) is 0 Å². The zero-order chi connectivity index (χ0) is 13.1. The Morgan fingerprint density at radius 1 is 1.21 bits per heavy atom. The van der Waals surface area contributed by atoms with Crippen LogP contribution in [0.25, 0.3) is 0 Å². The van der Waals surface area contributed by atoms with Gasteiger partial charge in [0.05, 0.1) is 5.60 Å². The number of rotatable bonds is 3. The third-order valence-corrected chi connectivity index (χ3v) is 4.49. The van der Waals surface area contributed by atoms with Gasteiger partial charge in [-0.25, -0.2) is 0 Å². The molecule has 1 aliphatic carbocycles. The minimum Gasteiger partial charge on any atom is -0.388 e. The van der Waals surface area contributed by atoms with Gasteiger partial charge in [0.1, 0.15) is 0 Å². The molecule has 1 aliphatic heterocycles. The highest BCUT2D eigenvalue weighted by molar-refractivity contribution is 5.30. The molecule has 0 spiro atoms. The van der Waals surface area contributed by atoms with Crippen molar-refractivity contribution in [2.24, 2.45) is 0 Å². The monoisotopic (exact) mass is 261 g/mol. The molecule has 1 saturated heterocycles. The predicted octanol–water partition coefficient (Wildman–Crippen LogP) is 1.67. The molecule has 0 aromatic heterocycles. The third-order valence-electron chi connectivity index (χ3n) is 4.49. The molecule has 0 bridgehead atoms. The predicted molar refractivity (Wildman–Crippen MR) is 75.3 cm³/mol. The first-order valence-electron chi connectivity index (χ1n) is 7.35. The fourth-order valence-corrected chi connectivity index (χ4v) is 3.13. The van der Waals surface area contributed by atoms with E-state index in [0.29, 0.717) is 25.8 Å². The summed E-state index contributed by atoms with van der Waals surface area (Å²) in [6.45, 7) is 2.07. The number of aliphatic hydroxyl groups is 1. The molecule has 0 saturated carbocycles. The van der Waals surface area contributed by atoms with Crippen molar-refractivity contribution in [1.82, 2.24) is 5.32 Å². The van der Waals surface area contributed by atoms with E-state index in [4.69, 9.17) is 4.74 Å². The van der Waals surface area contributed by atoms with Gasteiger partial charge in [0.25, 0.3) is 0 Å². The van der Waals surface area contributed by atoms with Gasteiger partial charge in [0.15, 0.2) is 0 Å². The average molecular weight is 261 g/mol. The first-order chi connectivity index (χ1) is 9.25. The summed E-state index contributed by atoms with van der Waals surface area (Å²) in [4.78, 5) is 0. The van der Waals surface area contributed by atoms with Crippen LogP contribution in [-0.2, 0) is 17.6 Å². The summed E-state index contributed by atoms with van der Waals surface area (Å²) < 4.78 is 5.32. The Bertz CT molecular complexity index is 427. The smallest absolute Gasteiger partial charge is 0.0815 e. The van der Waals surface area contributed by atoms with Crippen LogP contribution in [0.5, 0.6) is 0 Å². The van der Waals surface area contributed by atoms with Crippen LogP contribution in [0.15, 0.2) is 24.3 Å². The van der Waals surface area contributed by atoms with Crippen molar-refractivity contribution in [1.29, 1.82) is 0 Å². The number of aryl methyl sites for hydroxylation is 1. The van der Waals surface area contributed by atoms with E-state index in [2.05, 4.69) is 29.6 Å². The molecule has 1 heterocycles. The molecular weight excluding hydrogens is 238 g/mol. The maximum atomic E-state index is 10.5. The highest BCUT2D eigenvalue weighted by Gasteiger charge is 2.30. The van der Waals surface area contributed by atoms with Crippen molar-refractivity contribution in [3.8, 4) is 0 Å². The quantitative estimate of drug-likeness (QED) is 0.870. The summed E-state index contributed by atoms with van der Waals surface area (Å²) >= 11 is 0. The molecule has 1 aromatic rings. The van der Waals surface area contributed by atoms with Gasteiger partial charge in [-0.05, 0) is 30.4 Å². The van der Waals surface area contributed by atoms with Crippen LogP contribution < -0.4 is 5.32 Å². The Kier molecular flexibility index (Phi) is 3.87. The van der Waals surface area contributed by atoms with Gasteiger partial charge in [-0.3, -0.25) is 0 Å². The zero-order valence-electron chi connectivity index (χ0n) is 11.4. The van der Waals surface area contributed by atoms with Crippen LogP contribution in [0.1, 0.15) is 30.4 Å². The molecule has 1 aromatic carbocycles. The average Bonchev–Trinajstić information content (AvgIpc) is 2.46. The normalized spacial score (nSPS) is 25.8. The molecule has 3 nitrogen and oxygen atoms in total. The third kappa shape index (κ3) is 3.16. The summed E-state index contributed by atoms with van der Waals surface area (Å²) in [5.74, 6) is 0. The standard InChI is InChI=1S/C16H23NO2/c18-16(7-9-19-10-8-16)12-17-15-6-5-13-3-1-2-4-14(13)11-15/h1-4,15,17-18H,5-12H2. The topological polar surface area (TPSA) is 41.5 Å². The zero-order valence-corrected chi connectivity index (χ0v) is 11.4. The molecular formula is C16H23NO2. The Labute approximate surface area is 115 Å². The molecule has 104 valence electrons. The number of hydrogen-bond acceptors (Lipinski definition) is 3. The molecule has 3 rings (SSSR count). The van der Waals surface area contributed by atoms with Crippen molar-refractivity contribution < 1.29 is 9.84 Å². The molecule has 2 N–H and O–H groups in total. The van der Waals surface area contributed by atoms with Crippen molar-refractivity contribution >= 4 is 0 Å². The summed E-state index contributed by atoms with van der Waals surface area (Å²) in [5.41, 5.74) is 2.39. The largest absolute Gasteiger partial charge is 0.388 e. The van der Waals surface area contributed by atoms with E-state index < -0.39 is 5.60 Å². The van der Waals surface area contributed by atoms with Gasteiger partial charge < -0.3 is 15.2 Å². The Hall–Kier alpha value is -0.900. The van der Waals surface area contributed by atoms with E-state index >= 15 is 0 Å². The Morgan fingerprint density at radius 3 is 2.74 bits per heavy atom. The molecule has 1 unspecified atom stereocenters. The minimum absolute atomic E-state index is 0.502.